The number of H-pyrrole nitrogens is 1. The van der Waals surface area contributed by atoms with Gasteiger partial charge in [0.2, 0.25) is 5.91 Å². The van der Waals surface area contributed by atoms with E-state index in [2.05, 4.69) is 16.4 Å². The highest BCUT2D eigenvalue weighted by Crippen LogP contribution is 2.32. The highest BCUT2D eigenvalue weighted by atomic mass is 16.5. The molecule has 20 heavy (non-hydrogen) atoms. The van der Waals surface area contributed by atoms with Crippen molar-refractivity contribution in [3.05, 3.63) is 41.6 Å². The van der Waals surface area contributed by atoms with E-state index in [-0.39, 0.29) is 18.6 Å². The number of carbonyl (C=O) groups excluding carboxylic acids is 1. The van der Waals surface area contributed by atoms with Gasteiger partial charge in [-0.3, -0.25) is 4.79 Å². The van der Waals surface area contributed by atoms with Gasteiger partial charge in [-0.25, -0.2) is 0 Å². The zero-order valence-electron chi connectivity index (χ0n) is 10.9. The normalized spacial score (nSPS) is 17.8. The van der Waals surface area contributed by atoms with Crippen molar-refractivity contribution in [1.29, 1.82) is 5.26 Å². The first-order valence-electron chi connectivity index (χ1n) is 6.32. The number of amides is 1. The molecule has 0 aliphatic carbocycles. The van der Waals surface area contributed by atoms with E-state index >= 15 is 0 Å². The second-order valence-corrected chi connectivity index (χ2v) is 4.70. The smallest absolute Gasteiger partial charge is 0.250 e. The summed E-state index contributed by atoms with van der Waals surface area (Å²) in [6, 6.07) is 11.4. The van der Waals surface area contributed by atoms with Gasteiger partial charge in [0.05, 0.1) is 6.10 Å². The van der Waals surface area contributed by atoms with Crippen LogP contribution in [-0.4, -0.2) is 17.5 Å². The summed E-state index contributed by atoms with van der Waals surface area (Å²) in [5.41, 5.74) is 4.05. The third kappa shape index (κ3) is 2.17. The van der Waals surface area contributed by atoms with Gasteiger partial charge in [0.25, 0.3) is 0 Å². The minimum atomic E-state index is -0.158. The lowest BCUT2D eigenvalue weighted by Gasteiger charge is -2.13. The van der Waals surface area contributed by atoms with Gasteiger partial charge in [0, 0.05) is 16.9 Å². The van der Waals surface area contributed by atoms with E-state index in [0.717, 1.165) is 22.5 Å². The molecule has 0 radical (unpaired) electrons. The Bertz CT molecular complexity index is 712. The fraction of sp³-hybridized carbons (Fsp3) is 0.200. The van der Waals surface area contributed by atoms with Crippen LogP contribution in [0.25, 0.3) is 11.3 Å². The van der Waals surface area contributed by atoms with Crippen LogP contribution >= 0.6 is 0 Å². The third-order valence-electron chi connectivity index (χ3n) is 3.35. The van der Waals surface area contributed by atoms with E-state index in [4.69, 9.17) is 10.00 Å². The number of hydrogen-bond acceptors (Lipinski definition) is 3. The summed E-state index contributed by atoms with van der Waals surface area (Å²) in [6.07, 6.45) is -0.158. The molecule has 1 amide bonds. The monoisotopic (exact) mass is 267 g/mol. The SMILES string of the molecule is CC1OCC(=O)Nc2ccc(-c3ccc(C#N)[nH]3)cc21. The molecule has 1 aliphatic rings. The summed E-state index contributed by atoms with van der Waals surface area (Å²) in [5.74, 6) is -0.144. The number of nitriles is 1. The number of ether oxygens (including phenoxy) is 1. The number of fused-ring (bicyclic) bond motifs is 1. The Morgan fingerprint density at radius 2 is 2.20 bits per heavy atom. The zero-order valence-corrected chi connectivity index (χ0v) is 10.9. The Morgan fingerprint density at radius 1 is 1.35 bits per heavy atom. The van der Waals surface area contributed by atoms with Gasteiger partial charge in [-0.05, 0) is 36.8 Å². The summed E-state index contributed by atoms with van der Waals surface area (Å²) in [7, 11) is 0. The van der Waals surface area contributed by atoms with Gasteiger partial charge in [0.15, 0.2) is 0 Å². The molecule has 100 valence electrons. The van der Waals surface area contributed by atoms with E-state index in [0.29, 0.717) is 5.69 Å². The Kier molecular flexibility index (Phi) is 3.01. The molecule has 2 aromatic rings. The average Bonchev–Trinajstić information content (AvgIpc) is 2.89. The van der Waals surface area contributed by atoms with Crippen LogP contribution in [0.2, 0.25) is 0 Å². The molecule has 0 spiro atoms. The second-order valence-electron chi connectivity index (χ2n) is 4.70. The van der Waals surface area contributed by atoms with Crippen LogP contribution in [0.4, 0.5) is 5.69 Å². The van der Waals surface area contributed by atoms with Crippen LogP contribution in [0.3, 0.4) is 0 Å². The van der Waals surface area contributed by atoms with Crippen molar-refractivity contribution in [2.45, 2.75) is 13.0 Å². The number of aromatic nitrogens is 1. The van der Waals surface area contributed by atoms with Gasteiger partial charge in [-0.2, -0.15) is 5.26 Å². The highest BCUT2D eigenvalue weighted by molar-refractivity contribution is 5.93. The van der Waals surface area contributed by atoms with Crippen molar-refractivity contribution < 1.29 is 9.53 Å². The molecule has 1 unspecified atom stereocenters. The quantitative estimate of drug-likeness (QED) is 0.833. The summed E-state index contributed by atoms with van der Waals surface area (Å²) < 4.78 is 5.48. The molecule has 5 nitrogen and oxygen atoms in total. The summed E-state index contributed by atoms with van der Waals surface area (Å²) in [4.78, 5) is 14.5. The van der Waals surface area contributed by atoms with Crippen LogP contribution in [0.5, 0.6) is 0 Å². The van der Waals surface area contributed by atoms with Gasteiger partial charge >= 0.3 is 0 Å². The number of nitrogens with zero attached hydrogens (tertiary/aromatic N) is 1. The van der Waals surface area contributed by atoms with Crippen molar-refractivity contribution in [3.63, 3.8) is 0 Å². The van der Waals surface area contributed by atoms with Crippen LogP contribution in [0.1, 0.15) is 24.3 Å². The van der Waals surface area contributed by atoms with Crippen LogP contribution < -0.4 is 5.32 Å². The molecule has 0 saturated heterocycles. The molecule has 0 fully saturated rings. The number of nitrogens with one attached hydrogen (secondary N) is 2. The molecular formula is C15H13N3O2. The predicted molar refractivity (Wildman–Crippen MR) is 73.9 cm³/mol. The molecule has 0 saturated carbocycles. The van der Waals surface area contributed by atoms with Crippen molar-refractivity contribution in [3.8, 4) is 17.3 Å². The van der Waals surface area contributed by atoms with Crippen LogP contribution in [-0.2, 0) is 9.53 Å². The molecule has 1 aromatic carbocycles. The molecule has 1 aromatic heterocycles. The molecule has 2 heterocycles. The maximum Gasteiger partial charge on any atom is 0.250 e. The molecule has 0 bridgehead atoms. The summed E-state index contributed by atoms with van der Waals surface area (Å²) >= 11 is 0. The fourth-order valence-corrected chi connectivity index (χ4v) is 2.29. The minimum absolute atomic E-state index is 0.0618. The van der Waals surface area contributed by atoms with E-state index in [9.17, 15) is 4.79 Å². The topological polar surface area (TPSA) is 77.9 Å². The van der Waals surface area contributed by atoms with Gasteiger partial charge in [-0.15, -0.1) is 0 Å². The van der Waals surface area contributed by atoms with E-state index in [1.807, 2.05) is 31.2 Å². The van der Waals surface area contributed by atoms with Crippen molar-refractivity contribution in [1.82, 2.24) is 4.98 Å². The number of aromatic amines is 1. The maximum absolute atomic E-state index is 11.5. The number of benzene rings is 1. The van der Waals surface area contributed by atoms with Crippen molar-refractivity contribution in [2.24, 2.45) is 0 Å². The Morgan fingerprint density at radius 3 is 2.95 bits per heavy atom. The standard InChI is InChI=1S/C15H13N3O2/c1-9-12-6-10(13-5-3-11(7-16)17-13)2-4-14(12)18-15(19)8-20-9/h2-6,9,17H,8H2,1H3,(H,18,19). The Labute approximate surface area is 116 Å². The Hall–Kier alpha value is -2.58. The Balaban J connectivity index is 2.04. The first-order valence-corrected chi connectivity index (χ1v) is 6.32. The van der Waals surface area contributed by atoms with Gasteiger partial charge in [-0.1, -0.05) is 6.07 Å². The lowest BCUT2D eigenvalue weighted by molar-refractivity contribution is -0.121. The molecule has 5 heteroatoms. The number of rotatable bonds is 1. The second kappa shape index (κ2) is 4.83. The van der Waals surface area contributed by atoms with Gasteiger partial charge in [0.1, 0.15) is 18.4 Å². The first kappa shape index (κ1) is 12.5. The fourth-order valence-electron chi connectivity index (χ4n) is 2.29. The van der Waals surface area contributed by atoms with E-state index in [1.165, 1.54) is 0 Å². The van der Waals surface area contributed by atoms with Crippen molar-refractivity contribution >= 4 is 11.6 Å². The number of hydrogen-bond donors (Lipinski definition) is 2. The lowest BCUT2D eigenvalue weighted by Crippen LogP contribution is -2.15. The number of carbonyl (C=O) groups is 1. The van der Waals surface area contributed by atoms with Crippen LogP contribution in [0, 0.1) is 11.3 Å². The minimum Gasteiger partial charge on any atom is -0.364 e. The molecule has 1 aliphatic heterocycles. The lowest BCUT2D eigenvalue weighted by atomic mass is 10.0. The molecular weight excluding hydrogens is 254 g/mol. The summed E-state index contributed by atoms with van der Waals surface area (Å²) in [5, 5.41) is 11.7. The van der Waals surface area contributed by atoms with Crippen LogP contribution in [0.15, 0.2) is 30.3 Å². The summed E-state index contributed by atoms with van der Waals surface area (Å²) in [6.45, 7) is 1.98. The molecule has 3 rings (SSSR count). The van der Waals surface area contributed by atoms with E-state index < -0.39 is 0 Å². The van der Waals surface area contributed by atoms with Crippen molar-refractivity contribution in [2.75, 3.05) is 11.9 Å². The van der Waals surface area contributed by atoms with E-state index in [1.54, 1.807) is 6.07 Å². The average molecular weight is 267 g/mol. The third-order valence-corrected chi connectivity index (χ3v) is 3.35. The predicted octanol–water partition coefficient (Wildman–Crippen LogP) is 2.58. The largest absolute Gasteiger partial charge is 0.364 e. The molecule has 2 N–H and O–H groups in total. The highest BCUT2D eigenvalue weighted by Gasteiger charge is 2.19. The van der Waals surface area contributed by atoms with Gasteiger partial charge < -0.3 is 15.0 Å². The first-order chi connectivity index (χ1) is 9.67. The molecule has 1 atom stereocenters. The number of anilines is 1. The zero-order chi connectivity index (χ0) is 14.1. The maximum atomic E-state index is 11.5.